The number of likely N-dealkylation sites (N-methyl/N-ethyl adjacent to an activating group) is 1. The van der Waals surface area contributed by atoms with Crippen molar-refractivity contribution in [2.45, 2.75) is 25.7 Å². The molecule has 0 aliphatic heterocycles. The number of carbonyl (C=O) groups excluding carboxylic acids is 1. The van der Waals surface area contributed by atoms with Gasteiger partial charge in [0.25, 0.3) is 0 Å². The van der Waals surface area contributed by atoms with Gasteiger partial charge in [0.2, 0.25) is 15.9 Å². The van der Waals surface area contributed by atoms with Gasteiger partial charge in [-0.3, -0.25) is 4.79 Å². The zero-order valence-corrected chi connectivity index (χ0v) is 14.6. The van der Waals surface area contributed by atoms with E-state index in [-0.39, 0.29) is 22.0 Å². The Kier molecular flexibility index (Phi) is 5.05. The monoisotopic (exact) mass is 355 g/mol. The molecule has 0 fully saturated rings. The van der Waals surface area contributed by atoms with Crippen LogP contribution >= 0.6 is 0 Å². The lowest BCUT2D eigenvalue weighted by molar-refractivity contribution is -0.116. The highest BCUT2D eigenvalue weighted by molar-refractivity contribution is 7.89. The minimum absolute atomic E-state index is 0.00580. The first kappa shape index (κ1) is 18.1. The average molecular weight is 355 g/mol. The van der Waals surface area contributed by atoms with E-state index >= 15 is 0 Å². The summed E-state index contributed by atoms with van der Waals surface area (Å²) >= 11 is 0. The molecule has 0 aliphatic rings. The first-order valence-corrected chi connectivity index (χ1v) is 8.52. The molecule has 0 saturated carbocycles. The number of hydrogen-bond acceptors (Lipinski definition) is 5. The van der Waals surface area contributed by atoms with Crippen LogP contribution in [0.2, 0.25) is 0 Å². The standard InChI is InChI=1S/C15H18FN3O4S/c1-9-5-6-13(12(16)7-9)17-14(20)8-19(4)24(21,22)15-10(2)18-23-11(15)3/h5-7H,8H2,1-4H3,(H,17,20). The maximum atomic E-state index is 13.7. The number of aromatic nitrogens is 1. The number of nitrogens with one attached hydrogen (secondary N) is 1. The van der Waals surface area contributed by atoms with E-state index in [0.717, 1.165) is 4.31 Å². The van der Waals surface area contributed by atoms with E-state index in [1.54, 1.807) is 13.0 Å². The van der Waals surface area contributed by atoms with Crippen molar-refractivity contribution in [2.75, 3.05) is 18.9 Å². The summed E-state index contributed by atoms with van der Waals surface area (Å²) in [6.45, 7) is 4.22. The molecule has 2 aromatic rings. The van der Waals surface area contributed by atoms with Gasteiger partial charge in [-0.1, -0.05) is 11.2 Å². The van der Waals surface area contributed by atoms with E-state index in [1.807, 2.05) is 0 Å². The van der Waals surface area contributed by atoms with Crippen LogP contribution in [0.3, 0.4) is 0 Å². The summed E-state index contributed by atoms with van der Waals surface area (Å²) in [5.41, 5.74) is 0.918. The molecule has 0 unspecified atom stereocenters. The fraction of sp³-hybridized carbons (Fsp3) is 0.333. The summed E-state index contributed by atoms with van der Waals surface area (Å²) < 4.78 is 44.5. The fourth-order valence-corrected chi connectivity index (χ4v) is 3.61. The van der Waals surface area contributed by atoms with Crippen LogP contribution in [-0.4, -0.2) is 37.4 Å². The van der Waals surface area contributed by atoms with E-state index in [9.17, 15) is 17.6 Å². The number of hydrogen-bond donors (Lipinski definition) is 1. The Hall–Kier alpha value is -2.26. The molecule has 0 spiro atoms. The number of aryl methyl sites for hydroxylation is 3. The normalized spacial score (nSPS) is 11.8. The third kappa shape index (κ3) is 3.62. The molecule has 1 heterocycles. The highest BCUT2D eigenvalue weighted by Crippen LogP contribution is 2.22. The molecule has 0 aliphatic carbocycles. The van der Waals surface area contributed by atoms with Crippen LogP contribution in [0.25, 0.3) is 0 Å². The van der Waals surface area contributed by atoms with Gasteiger partial charge in [-0.15, -0.1) is 0 Å². The van der Waals surface area contributed by atoms with Gasteiger partial charge in [0.05, 0.1) is 12.2 Å². The zero-order valence-electron chi connectivity index (χ0n) is 13.8. The summed E-state index contributed by atoms with van der Waals surface area (Å²) in [5, 5.41) is 5.96. The van der Waals surface area contributed by atoms with Gasteiger partial charge in [-0.25, -0.2) is 12.8 Å². The van der Waals surface area contributed by atoms with Gasteiger partial charge in [-0.05, 0) is 38.5 Å². The van der Waals surface area contributed by atoms with Crippen molar-refractivity contribution in [3.05, 3.63) is 41.0 Å². The first-order chi connectivity index (χ1) is 11.1. The summed E-state index contributed by atoms with van der Waals surface area (Å²) in [6, 6.07) is 4.34. The Morgan fingerprint density at radius 1 is 1.33 bits per heavy atom. The van der Waals surface area contributed by atoms with Crippen LogP contribution in [0.1, 0.15) is 17.0 Å². The second-order valence-corrected chi connectivity index (χ2v) is 7.43. The van der Waals surface area contributed by atoms with Gasteiger partial charge in [0.1, 0.15) is 16.4 Å². The minimum Gasteiger partial charge on any atom is -0.360 e. The Bertz CT molecular complexity index is 857. The molecule has 130 valence electrons. The van der Waals surface area contributed by atoms with E-state index < -0.39 is 28.3 Å². The summed E-state index contributed by atoms with van der Waals surface area (Å²) in [4.78, 5) is 12.0. The van der Waals surface area contributed by atoms with E-state index in [0.29, 0.717) is 5.56 Å². The van der Waals surface area contributed by atoms with Crippen LogP contribution in [0, 0.1) is 26.6 Å². The predicted molar refractivity (Wildman–Crippen MR) is 85.6 cm³/mol. The highest BCUT2D eigenvalue weighted by atomic mass is 32.2. The number of halogens is 1. The lowest BCUT2D eigenvalue weighted by Crippen LogP contribution is -2.35. The van der Waals surface area contributed by atoms with Gasteiger partial charge in [0, 0.05) is 7.05 Å². The molecule has 0 atom stereocenters. The SMILES string of the molecule is Cc1ccc(NC(=O)CN(C)S(=O)(=O)c2c(C)noc2C)c(F)c1. The molecule has 1 N–H and O–H groups in total. The number of anilines is 1. The van der Waals surface area contributed by atoms with Crippen molar-refractivity contribution in [1.82, 2.24) is 9.46 Å². The Morgan fingerprint density at radius 2 is 2.00 bits per heavy atom. The average Bonchev–Trinajstić information content (AvgIpc) is 2.81. The maximum Gasteiger partial charge on any atom is 0.248 e. The number of sulfonamides is 1. The second-order valence-electron chi connectivity index (χ2n) is 5.45. The Labute approximate surface area is 139 Å². The maximum absolute atomic E-state index is 13.7. The molecule has 24 heavy (non-hydrogen) atoms. The third-order valence-corrected chi connectivity index (χ3v) is 5.45. The van der Waals surface area contributed by atoms with Gasteiger partial charge in [0.15, 0.2) is 5.76 Å². The molecular formula is C15H18FN3O4S. The molecule has 1 aromatic heterocycles. The lowest BCUT2D eigenvalue weighted by Gasteiger charge is -2.16. The molecule has 0 radical (unpaired) electrons. The van der Waals surface area contributed by atoms with Crippen LogP contribution in [-0.2, 0) is 14.8 Å². The zero-order chi connectivity index (χ0) is 18.1. The molecule has 0 bridgehead atoms. The van der Waals surface area contributed by atoms with Crippen molar-refractivity contribution in [3.8, 4) is 0 Å². The first-order valence-electron chi connectivity index (χ1n) is 7.08. The van der Waals surface area contributed by atoms with Gasteiger partial charge in [-0.2, -0.15) is 4.31 Å². The number of nitrogens with zero attached hydrogens (tertiary/aromatic N) is 2. The van der Waals surface area contributed by atoms with E-state index in [1.165, 1.54) is 33.0 Å². The summed E-state index contributed by atoms with van der Waals surface area (Å²) in [5.74, 6) is -1.10. The number of benzene rings is 1. The topological polar surface area (TPSA) is 92.5 Å². The van der Waals surface area contributed by atoms with Crippen molar-refractivity contribution in [2.24, 2.45) is 0 Å². The molecule has 0 saturated heterocycles. The molecular weight excluding hydrogens is 337 g/mol. The van der Waals surface area contributed by atoms with Crippen molar-refractivity contribution in [3.63, 3.8) is 0 Å². The van der Waals surface area contributed by atoms with Crippen molar-refractivity contribution in [1.29, 1.82) is 0 Å². The van der Waals surface area contributed by atoms with Crippen LogP contribution in [0.5, 0.6) is 0 Å². The molecule has 1 aromatic carbocycles. The molecule has 1 amide bonds. The molecule has 7 nitrogen and oxygen atoms in total. The van der Waals surface area contributed by atoms with Crippen molar-refractivity contribution >= 4 is 21.6 Å². The smallest absolute Gasteiger partial charge is 0.248 e. The second kappa shape index (κ2) is 6.70. The van der Waals surface area contributed by atoms with Gasteiger partial charge >= 0.3 is 0 Å². The minimum atomic E-state index is -3.94. The van der Waals surface area contributed by atoms with Crippen LogP contribution in [0.15, 0.2) is 27.6 Å². The summed E-state index contributed by atoms with van der Waals surface area (Å²) in [7, 11) is -2.68. The van der Waals surface area contributed by atoms with Gasteiger partial charge < -0.3 is 9.84 Å². The van der Waals surface area contributed by atoms with Crippen LogP contribution < -0.4 is 5.32 Å². The third-order valence-electron chi connectivity index (χ3n) is 3.40. The largest absolute Gasteiger partial charge is 0.360 e. The summed E-state index contributed by atoms with van der Waals surface area (Å²) in [6.07, 6.45) is 0. The van der Waals surface area contributed by atoms with Crippen LogP contribution in [0.4, 0.5) is 10.1 Å². The van der Waals surface area contributed by atoms with E-state index in [4.69, 9.17) is 4.52 Å². The lowest BCUT2D eigenvalue weighted by atomic mass is 10.2. The Morgan fingerprint density at radius 3 is 2.54 bits per heavy atom. The molecule has 9 heteroatoms. The fourth-order valence-electron chi connectivity index (χ4n) is 2.20. The van der Waals surface area contributed by atoms with Crippen molar-refractivity contribution < 1.29 is 22.1 Å². The predicted octanol–water partition coefficient (Wildman–Crippen LogP) is 2.00. The Balaban J connectivity index is 2.14. The number of amides is 1. The van der Waals surface area contributed by atoms with E-state index in [2.05, 4.69) is 10.5 Å². The highest BCUT2D eigenvalue weighted by Gasteiger charge is 2.29. The molecule has 2 rings (SSSR count). The quantitative estimate of drug-likeness (QED) is 0.885. The number of rotatable bonds is 5. The number of carbonyl (C=O) groups is 1.